The van der Waals surface area contributed by atoms with E-state index in [0.717, 1.165) is 26.3 Å². The van der Waals surface area contributed by atoms with Gasteiger partial charge < -0.3 is 15.0 Å². The number of hydrogen-bond acceptors (Lipinski definition) is 3. The van der Waals surface area contributed by atoms with Crippen molar-refractivity contribution >= 4 is 0 Å². The van der Waals surface area contributed by atoms with Crippen LogP contribution in [0.25, 0.3) is 0 Å². The number of ether oxygens (including phenoxy) is 1. The first-order valence-electron chi connectivity index (χ1n) is 4.32. The number of morpholine rings is 1. The molecule has 3 nitrogen and oxygen atoms in total. The summed E-state index contributed by atoms with van der Waals surface area (Å²) in [6.45, 7) is 5.15. The van der Waals surface area contributed by atoms with E-state index in [-0.39, 0.29) is 0 Å². The van der Waals surface area contributed by atoms with Gasteiger partial charge in [-0.15, -0.1) is 0 Å². The van der Waals surface area contributed by atoms with Gasteiger partial charge in [-0.25, -0.2) is 0 Å². The Bertz CT molecular complexity index is 138. The number of nitrogens with zero attached hydrogens (tertiary/aromatic N) is 1. The number of rotatable bonds is 0. The number of likely N-dealkylation sites (tertiary alicyclic amines) is 1. The van der Waals surface area contributed by atoms with E-state index in [1.165, 1.54) is 13.0 Å². The highest BCUT2D eigenvalue weighted by atomic mass is 16.5. The lowest BCUT2D eigenvalue weighted by molar-refractivity contribution is 0.0322. The van der Waals surface area contributed by atoms with Crippen molar-refractivity contribution in [3.63, 3.8) is 0 Å². The summed E-state index contributed by atoms with van der Waals surface area (Å²) in [5.41, 5.74) is 0.299. The Morgan fingerprint density at radius 3 is 3.00 bits per heavy atom. The maximum atomic E-state index is 5.47. The van der Waals surface area contributed by atoms with E-state index in [1.807, 2.05) is 0 Å². The minimum atomic E-state index is 0.299. The van der Waals surface area contributed by atoms with Gasteiger partial charge in [0.25, 0.3) is 0 Å². The molecule has 3 heteroatoms. The largest absolute Gasteiger partial charge is 0.378 e. The maximum Gasteiger partial charge on any atom is 0.0662 e. The summed E-state index contributed by atoms with van der Waals surface area (Å²) >= 11 is 0. The molecule has 1 spiro atoms. The molecule has 2 saturated heterocycles. The monoisotopic (exact) mass is 156 g/mol. The van der Waals surface area contributed by atoms with E-state index < -0.39 is 0 Å². The topological polar surface area (TPSA) is 24.5 Å². The lowest BCUT2D eigenvalue weighted by Crippen LogP contribution is -2.55. The zero-order valence-corrected chi connectivity index (χ0v) is 7.10. The SMILES string of the molecule is CN1CCC2(COCCN2)C1. The molecule has 2 fully saturated rings. The zero-order valence-electron chi connectivity index (χ0n) is 7.10. The van der Waals surface area contributed by atoms with E-state index in [9.17, 15) is 0 Å². The van der Waals surface area contributed by atoms with Gasteiger partial charge in [-0.1, -0.05) is 0 Å². The predicted molar refractivity (Wildman–Crippen MR) is 43.7 cm³/mol. The first kappa shape index (κ1) is 7.53. The molecule has 1 unspecified atom stereocenters. The average molecular weight is 156 g/mol. The highest BCUT2D eigenvalue weighted by Gasteiger charge is 2.37. The van der Waals surface area contributed by atoms with Crippen LogP contribution in [0.1, 0.15) is 6.42 Å². The number of nitrogens with one attached hydrogen (secondary N) is 1. The van der Waals surface area contributed by atoms with Crippen molar-refractivity contribution in [2.45, 2.75) is 12.0 Å². The Morgan fingerprint density at radius 2 is 2.45 bits per heavy atom. The van der Waals surface area contributed by atoms with Crippen LogP contribution in [0.4, 0.5) is 0 Å². The van der Waals surface area contributed by atoms with Crippen LogP contribution >= 0.6 is 0 Å². The molecule has 0 aliphatic carbocycles. The van der Waals surface area contributed by atoms with Crippen molar-refractivity contribution in [3.8, 4) is 0 Å². The molecule has 2 rings (SSSR count). The van der Waals surface area contributed by atoms with E-state index in [2.05, 4.69) is 17.3 Å². The van der Waals surface area contributed by atoms with Crippen molar-refractivity contribution in [2.75, 3.05) is 39.9 Å². The molecule has 0 amide bonds. The van der Waals surface area contributed by atoms with Crippen LogP contribution in [-0.4, -0.2) is 50.3 Å². The van der Waals surface area contributed by atoms with Gasteiger partial charge in [0.05, 0.1) is 18.8 Å². The Balaban J connectivity index is 1.98. The molecular formula is C8H16N2O. The number of hydrogen-bond donors (Lipinski definition) is 1. The lowest BCUT2D eigenvalue weighted by atomic mass is 9.99. The van der Waals surface area contributed by atoms with E-state index in [4.69, 9.17) is 4.74 Å². The van der Waals surface area contributed by atoms with E-state index in [0.29, 0.717) is 5.54 Å². The van der Waals surface area contributed by atoms with Crippen molar-refractivity contribution in [3.05, 3.63) is 0 Å². The van der Waals surface area contributed by atoms with Gasteiger partial charge >= 0.3 is 0 Å². The third kappa shape index (κ3) is 1.41. The summed E-state index contributed by atoms with van der Waals surface area (Å²) in [6, 6.07) is 0. The molecule has 0 saturated carbocycles. The summed E-state index contributed by atoms with van der Waals surface area (Å²) in [5, 5.41) is 3.56. The maximum absolute atomic E-state index is 5.47. The second kappa shape index (κ2) is 2.73. The molecule has 0 aromatic heterocycles. The smallest absolute Gasteiger partial charge is 0.0662 e. The number of likely N-dealkylation sites (N-methyl/N-ethyl adjacent to an activating group) is 1. The highest BCUT2D eigenvalue weighted by molar-refractivity contribution is 4.97. The normalized spacial score (nSPS) is 40.1. The van der Waals surface area contributed by atoms with Crippen LogP contribution in [0.3, 0.4) is 0 Å². The Hall–Kier alpha value is -0.120. The van der Waals surface area contributed by atoms with Crippen LogP contribution in [0.15, 0.2) is 0 Å². The molecule has 0 bridgehead atoms. The van der Waals surface area contributed by atoms with Gasteiger partial charge in [0.2, 0.25) is 0 Å². The van der Waals surface area contributed by atoms with Crippen molar-refractivity contribution < 1.29 is 4.74 Å². The molecule has 2 aliphatic heterocycles. The Kier molecular flexibility index (Phi) is 1.87. The Labute approximate surface area is 67.7 Å². The third-order valence-corrected chi connectivity index (χ3v) is 2.67. The predicted octanol–water partition coefficient (Wildman–Crippen LogP) is -0.319. The molecule has 0 aromatic rings. The minimum Gasteiger partial charge on any atom is -0.378 e. The lowest BCUT2D eigenvalue weighted by Gasteiger charge is -2.34. The standard InChI is InChI=1S/C8H16N2O/c1-10-4-2-8(6-10)7-11-5-3-9-8/h9H,2-7H2,1H3. The van der Waals surface area contributed by atoms with Crippen LogP contribution in [0, 0.1) is 0 Å². The van der Waals surface area contributed by atoms with Crippen LogP contribution in [-0.2, 0) is 4.74 Å². The fourth-order valence-electron chi connectivity index (χ4n) is 2.05. The van der Waals surface area contributed by atoms with E-state index >= 15 is 0 Å². The molecule has 1 N–H and O–H groups in total. The molecule has 11 heavy (non-hydrogen) atoms. The van der Waals surface area contributed by atoms with E-state index in [1.54, 1.807) is 0 Å². The molecule has 2 heterocycles. The van der Waals surface area contributed by atoms with Crippen molar-refractivity contribution in [1.29, 1.82) is 0 Å². The molecule has 64 valence electrons. The second-order valence-corrected chi connectivity index (χ2v) is 3.75. The highest BCUT2D eigenvalue weighted by Crippen LogP contribution is 2.21. The van der Waals surface area contributed by atoms with Gasteiger partial charge in [0.15, 0.2) is 0 Å². The summed E-state index contributed by atoms with van der Waals surface area (Å²) in [4.78, 5) is 2.36. The summed E-state index contributed by atoms with van der Waals surface area (Å²) in [7, 11) is 2.17. The van der Waals surface area contributed by atoms with Gasteiger partial charge in [0, 0.05) is 13.1 Å². The summed E-state index contributed by atoms with van der Waals surface area (Å²) in [5.74, 6) is 0. The first-order chi connectivity index (χ1) is 5.31. The van der Waals surface area contributed by atoms with Crippen LogP contribution < -0.4 is 5.32 Å². The fraction of sp³-hybridized carbons (Fsp3) is 1.00. The van der Waals surface area contributed by atoms with Crippen molar-refractivity contribution in [1.82, 2.24) is 10.2 Å². The van der Waals surface area contributed by atoms with Gasteiger partial charge in [-0.2, -0.15) is 0 Å². The molecule has 0 radical (unpaired) electrons. The van der Waals surface area contributed by atoms with Crippen LogP contribution in [0.5, 0.6) is 0 Å². The molecule has 0 aromatic carbocycles. The summed E-state index contributed by atoms with van der Waals surface area (Å²) < 4.78 is 5.47. The minimum absolute atomic E-state index is 0.299. The van der Waals surface area contributed by atoms with Crippen molar-refractivity contribution in [2.24, 2.45) is 0 Å². The average Bonchev–Trinajstić information content (AvgIpc) is 2.34. The summed E-state index contributed by atoms with van der Waals surface area (Å²) in [6.07, 6.45) is 1.24. The van der Waals surface area contributed by atoms with Gasteiger partial charge in [0.1, 0.15) is 0 Å². The molecule has 2 aliphatic rings. The fourth-order valence-corrected chi connectivity index (χ4v) is 2.05. The first-order valence-corrected chi connectivity index (χ1v) is 4.32. The van der Waals surface area contributed by atoms with Gasteiger partial charge in [-0.3, -0.25) is 0 Å². The molecular weight excluding hydrogens is 140 g/mol. The zero-order chi connectivity index (χ0) is 7.73. The van der Waals surface area contributed by atoms with Gasteiger partial charge in [-0.05, 0) is 20.0 Å². The quantitative estimate of drug-likeness (QED) is 0.520. The Morgan fingerprint density at radius 1 is 1.55 bits per heavy atom. The third-order valence-electron chi connectivity index (χ3n) is 2.67. The second-order valence-electron chi connectivity index (χ2n) is 3.75. The molecule has 1 atom stereocenters. The van der Waals surface area contributed by atoms with Crippen LogP contribution in [0.2, 0.25) is 0 Å².